The van der Waals surface area contributed by atoms with Crippen LogP contribution in [0.1, 0.15) is 25.8 Å². The first kappa shape index (κ1) is 22.2. The van der Waals surface area contributed by atoms with Crippen LogP contribution in [0.4, 0.5) is 11.4 Å². The number of halogens is 1. The van der Waals surface area contributed by atoms with Crippen molar-refractivity contribution in [1.82, 2.24) is 4.90 Å². The van der Waals surface area contributed by atoms with Crippen molar-refractivity contribution in [3.05, 3.63) is 58.0 Å². The second kappa shape index (κ2) is 9.58. The zero-order valence-corrected chi connectivity index (χ0v) is 19.4. The Labute approximate surface area is 187 Å². The number of ether oxygens (including phenoxy) is 1. The van der Waals surface area contributed by atoms with Crippen LogP contribution in [-0.2, 0) is 4.79 Å². The van der Waals surface area contributed by atoms with Gasteiger partial charge in [-0.3, -0.25) is 9.69 Å². The van der Waals surface area contributed by atoms with Gasteiger partial charge in [0.25, 0.3) is 5.91 Å². The molecule has 30 heavy (non-hydrogen) atoms. The smallest absolute Gasteiger partial charge is 0.266 e. The summed E-state index contributed by atoms with van der Waals surface area (Å²) in [6.07, 6.45) is 2.83. The number of amides is 1. The molecular formula is C23H26ClN3O2S. The number of likely N-dealkylation sites (N-methyl/N-ethyl adjacent to an activating group) is 1. The lowest BCUT2D eigenvalue weighted by atomic mass is 10.2. The number of rotatable bonds is 6. The van der Waals surface area contributed by atoms with Crippen LogP contribution in [0, 0.1) is 0 Å². The number of hydrogen-bond donors (Lipinski definition) is 0. The van der Waals surface area contributed by atoms with Gasteiger partial charge < -0.3 is 9.64 Å². The van der Waals surface area contributed by atoms with Crippen LogP contribution in [0.25, 0.3) is 6.08 Å². The SMILES string of the molecule is CC[C@@H](C)Oc1ccc(/C=C2\SC(=Nc3ccc(N(C)C)cc3)N(C)C2=O)cc1Cl. The first-order valence-corrected chi connectivity index (χ1v) is 11.0. The van der Waals surface area contributed by atoms with E-state index in [2.05, 4.69) is 11.9 Å². The second-order valence-electron chi connectivity index (χ2n) is 7.31. The highest BCUT2D eigenvalue weighted by Gasteiger charge is 2.30. The molecule has 0 unspecified atom stereocenters. The van der Waals surface area contributed by atoms with Crippen molar-refractivity contribution in [2.75, 3.05) is 26.0 Å². The first-order chi connectivity index (χ1) is 14.3. The Kier molecular flexibility index (Phi) is 7.10. The van der Waals surface area contributed by atoms with E-state index in [0.717, 1.165) is 23.4 Å². The number of thioether (sulfide) groups is 1. The largest absolute Gasteiger partial charge is 0.489 e. The van der Waals surface area contributed by atoms with E-state index in [4.69, 9.17) is 16.3 Å². The fourth-order valence-electron chi connectivity index (χ4n) is 2.74. The highest BCUT2D eigenvalue weighted by atomic mass is 35.5. The van der Waals surface area contributed by atoms with E-state index in [1.807, 2.05) is 74.5 Å². The Morgan fingerprint density at radius 2 is 1.93 bits per heavy atom. The van der Waals surface area contributed by atoms with E-state index in [1.54, 1.807) is 11.9 Å². The summed E-state index contributed by atoms with van der Waals surface area (Å²) in [5.41, 5.74) is 2.75. The van der Waals surface area contributed by atoms with Gasteiger partial charge in [-0.25, -0.2) is 4.99 Å². The number of nitrogens with zero attached hydrogens (tertiary/aromatic N) is 3. The number of hydrogen-bond acceptors (Lipinski definition) is 5. The van der Waals surface area contributed by atoms with Gasteiger partial charge in [0.15, 0.2) is 5.17 Å². The van der Waals surface area contributed by atoms with E-state index < -0.39 is 0 Å². The van der Waals surface area contributed by atoms with Gasteiger partial charge in [-0.1, -0.05) is 24.6 Å². The molecule has 0 N–H and O–H groups in total. The average Bonchev–Trinajstić information content (AvgIpc) is 2.98. The van der Waals surface area contributed by atoms with Crippen molar-refractivity contribution in [3.63, 3.8) is 0 Å². The van der Waals surface area contributed by atoms with Crippen LogP contribution in [0.2, 0.25) is 5.02 Å². The van der Waals surface area contributed by atoms with Gasteiger partial charge in [0.2, 0.25) is 0 Å². The minimum Gasteiger partial charge on any atom is -0.489 e. The average molecular weight is 444 g/mol. The van der Waals surface area contributed by atoms with Crippen molar-refractivity contribution >= 4 is 51.9 Å². The van der Waals surface area contributed by atoms with Crippen molar-refractivity contribution in [3.8, 4) is 5.75 Å². The van der Waals surface area contributed by atoms with Crippen LogP contribution in [-0.4, -0.2) is 43.2 Å². The van der Waals surface area contributed by atoms with Gasteiger partial charge in [0, 0.05) is 26.8 Å². The molecule has 158 valence electrons. The Hall–Kier alpha value is -2.44. The first-order valence-electron chi connectivity index (χ1n) is 9.78. The lowest BCUT2D eigenvalue weighted by Crippen LogP contribution is -2.23. The molecule has 1 atom stereocenters. The molecule has 2 aromatic carbocycles. The van der Waals surface area contributed by atoms with E-state index in [0.29, 0.717) is 20.8 Å². The number of carbonyl (C=O) groups excluding carboxylic acids is 1. The summed E-state index contributed by atoms with van der Waals surface area (Å²) in [7, 11) is 5.72. The predicted molar refractivity (Wildman–Crippen MR) is 128 cm³/mol. The standard InChI is InChI=1S/C23H26ClN3O2S/c1-6-15(2)29-20-12-7-16(13-19(20)24)14-21-22(28)27(5)23(30-21)25-17-8-10-18(11-9-17)26(3)4/h7-15H,6H2,1-5H3/b21-14-,25-23?/t15-/m1/s1. The molecule has 7 heteroatoms. The maximum absolute atomic E-state index is 12.7. The molecule has 5 nitrogen and oxygen atoms in total. The van der Waals surface area contributed by atoms with E-state index in [-0.39, 0.29) is 12.0 Å². The molecule has 0 radical (unpaired) electrons. The predicted octanol–water partition coefficient (Wildman–Crippen LogP) is 5.82. The lowest BCUT2D eigenvalue weighted by Gasteiger charge is -2.14. The third-order valence-electron chi connectivity index (χ3n) is 4.75. The van der Waals surface area contributed by atoms with Gasteiger partial charge in [-0.2, -0.15) is 0 Å². The summed E-state index contributed by atoms with van der Waals surface area (Å²) in [5, 5.41) is 1.18. The monoisotopic (exact) mass is 443 g/mol. The Balaban J connectivity index is 1.80. The summed E-state index contributed by atoms with van der Waals surface area (Å²) in [6, 6.07) is 13.5. The minimum atomic E-state index is -0.0836. The molecule has 1 aliphatic rings. The highest BCUT2D eigenvalue weighted by molar-refractivity contribution is 8.18. The molecule has 1 heterocycles. The fraction of sp³-hybridized carbons (Fsp3) is 0.304. The number of benzene rings is 2. The minimum absolute atomic E-state index is 0.0836. The van der Waals surface area contributed by atoms with Crippen molar-refractivity contribution < 1.29 is 9.53 Å². The molecule has 1 aliphatic heterocycles. The zero-order chi connectivity index (χ0) is 21.8. The molecule has 3 rings (SSSR count). The number of aliphatic imine (C=N–C) groups is 1. The van der Waals surface area contributed by atoms with Crippen LogP contribution in [0.15, 0.2) is 52.4 Å². The Bertz CT molecular complexity index is 986. The summed E-state index contributed by atoms with van der Waals surface area (Å²) in [5.74, 6) is 0.568. The van der Waals surface area contributed by atoms with Crippen molar-refractivity contribution in [2.45, 2.75) is 26.4 Å². The maximum atomic E-state index is 12.7. The van der Waals surface area contributed by atoms with Gasteiger partial charge in [-0.05, 0) is 73.1 Å². The summed E-state index contributed by atoms with van der Waals surface area (Å²) >= 11 is 7.72. The molecule has 0 spiro atoms. The van der Waals surface area contributed by atoms with Gasteiger partial charge in [0.1, 0.15) is 5.75 Å². The second-order valence-corrected chi connectivity index (χ2v) is 8.72. The van der Waals surface area contributed by atoms with Crippen LogP contribution in [0.5, 0.6) is 5.75 Å². The maximum Gasteiger partial charge on any atom is 0.266 e. The highest BCUT2D eigenvalue weighted by Crippen LogP contribution is 2.35. The van der Waals surface area contributed by atoms with E-state index >= 15 is 0 Å². The fourth-order valence-corrected chi connectivity index (χ4v) is 3.96. The van der Waals surface area contributed by atoms with Crippen molar-refractivity contribution in [2.24, 2.45) is 4.99 Å². The van der Waals surface area contributed by atoms with Crippen LogP contribution < -0.4 is 9.64 Å². The van der Waals surface area contributed by atoms with Crippen LogP contribution in [0.3, 0.4) is 0 Å². The van der Waals surface area contributed by atoms with Crippen LogP contribution >= 0.6 is 23.4 Å². The molecule has 1 saturated heterocycles. The summed E-state index contributed by atoms with van der Waals surface area (Å²) in [4.78, 5) is 21.5. The third kappa shape index (κ3) is 5.18. The van der Waals surface area contributed by atoms with E-state index in [1.165, 1.54) is 11.8 Å². The summed E-state index contributed by atoms with van der Waals surface area (Å²) in [6.45, 7) is 4.07. The molecular weight excluding hydrogens is 418 g/mol. The quantitative estimate of drug-likeness (QED) is 0.528. The number of amidine groups is 1. The lowest BCUT2D eigenvalue weighted by molar-refractivity contribution is -0.121. The normalized spacial score (nSPS) is 17.7. The topological polar surface area (TPSA) is 45.1 Å². The van der Waals surface area contributed by atoms with Crippen molar-refractivity contribution in [1.29, 1.82) is 0 Å². The van der Waals surface area contributed by atoms with Gasteiger partial charge in [0.05, 0.1) is 21.7 Å². The number of anilines is 1. The Morgan fingerprint density at radius 1 is 1.23 bits per heavy atom. The number of carbonyl (C=O) groups is 1. The van der Waals surface area contributed by atoms with Gasteiger partial charge in [-0.15, -0.1) is 0 Å². The summed E-state index contributed by atoms with van der Waals surface area (Å²) < 4.78 is 5.81. The molecule has 0 aromatic heterocycles. The zero-order valence-electron chi connectivity index (χ0n) is 17.8. The molecule has 0 aliphatic carbocycles. The van der Waals surface area contributed by atoms with Gasteiger partial charge >= 0.3 is 0 Å². The Morgan fingerprint density at radius 3 is 2.53 bits per heavy atom. The molecule has 0 saturated carbocycles. The third-order valence-corrected chi connectivity index (χ3v) is 6.11. The molecule has 1 fully saturated rings. The molecule has 2 aromatic rings. The molecule has 0 bridgehead atoms. The molecule has 1 amide bonds. The van der Waals surface area contributed by atoms with E-state index in [9.17, 15) is 4.79 Å².